The van der Waals surface area contributed by atoms with Gasteiger partial charge >= 0.3 is 5.97 Å². The minimum absolute atomic E-state index is 0.151. The average Bonchev–Trinajstić information content (AvgIpc) is 2.87. The van der Waals surface area contributed by atoms with E-state index in [0.29, 0.717) is 24.2 Å². The minimum Gasteiger partial charge on any atom is -0.465 e. The van der Waals surface area contributed by atoms with Crippen molar-refractivity contribution in [2.24, 2.45) is 0 Å². The van der Waals surface area contributed by atoms with Gasteiger partial charge in [-0.15, -0.1) is 0 Å². The van der Waals surface area contributed by atoms with Crippen molar-refractivity contribution >= 4 is 29.2 Å². The Hall–Kier alpha value is -2.57. The van der Waals surface area contributed by atoms with Crippen LogP contribution < -0.4 is 16.4 Å². The summed E-state index contributed by atoms with van der Waals surface area (Å²) in [5.74, 6) is -1.03. The van der Waals surface area contributed by atoms with E-state index in [-0.39, 0.29) is 17.4 Å². The van der Waals surface area contributed by atoms with Crippen molar-refractivity contribution < 1.29 is 19.1 Å². The number of carbonyl (C=O) groups excluding carboxylic acids is 3. The molecular weight excluding hydrogens is 262 g/mol. The van der Waals surface area contributed by atoms with Crippen LogP contribution in [0.3, 0.4) is 0 Å². The number of benzene rings is 1. The summed E-state index contributed by atoms with van der Waals surface area (Å²) in [5.41, 5.74) is 6.68. The zero-order valence-electron chi connectivity index (χ0n) is 10.9. The third-order valence-corrected chi connectivity index (χ3v) is 3.04. The van der Waals surface area contributed by atoms with Gasteiger partial charge in [0.1, 0.15) is 6.04 Å². The number of rotatable bonds is 3. The third kappa shape index (κ3) is 2.87. The highest BCUT2D eigenvalue weighted by Gasteiger charge is 2.27. The number of ether oxygens (including phenoxy) is 1. The molecule has 1 fully saturated rings. The van der Waals surface area contributed by atoms with Crippen molar-refractivity contribution in [3.63, 3.8) is 0 Å². The second-order valence-corrected chi connectivity index (χ2v) is 4.44. The molecule has 1 heterocycles. The molecule has 0 spiro atoms. The Morgan fingerprint density at radius 1 is 1.45 bits per heavy atom. The Labute approximate surface area is 115 Å². The molecule has 1 aliphatic rings. The lowest BCUT2D eigenvalue weighted by Gasteiger charge is -2.13. The van der Waals surface area contributed by atoms with Gasteiger partial charge in [-0.1, -0.05) is 0 Å². The molecule has 1 atom stereocenters. The number of hydrogen-bond donors (Lipinski definition) is 3. The summed E-state index contributed by atoms with van der Waals surface area (Å²) in [6, 6.07) is 3.89. The molecule has 0 aliphatic carbocycles. The number of nitrogens with one attached hydrogen (secondary N) is 2. The van der Waals surface area contributed by atoms with Gasteiger partial charge in [0, 0.05) is 6.42 Å². The molecule has 2 amide bonds. The lowest BCUT2D eigenvalue weighted by atomic mass is 10.1. The van der Waals surface area contributed by atoms with Gasteiger partial charge in [-0.2, -0.15) is 0 Å². The molecule has 1 saturated heterocycles. The molecule has 106 valence electrons. The molecule has 1 unspecified atom stereocenters. The van der Waals surface area contributed by atoms with Crippen molar-refractivity contribution in [1.29, 1.82) is 0 Å². The van der Waals surface area contributed by atoms with E-state index in [2.05, 4.69) is 15.4 Å². The van der Waals surface area contributed by atoms with Crippen LogP contribution in [0.2, 0.25) is 0 Å². The van der Waals surface area contributed by atoms with Gasteiger partial charge in [0.25, 0.3) is 0 Å². The van der Waals surface area contributed by atoms with Crippen LogP contribution in [-0.4, -0.2) is 30.9 Å². The number of esters is 1. The Balaban J connectivity index is 2.14. The van der Waals surface area contributed by atoms with E-state index < -0.39 is 12.0 Å². The first-order chi connectivity index (χ1) is 9.51. The van der Waals surface area contributed by atoms with Crippen LogP contribution in [0.5, 0.6) is 0 Å². The van der Waals surface area contributed by atoms with Crippen LogP contribution in [0.1, 0.15) is 23.2 Å². The maximum atomic E-state index is 12.0. The van der Waals surface area contributed by atoms with Crippen LogP contribution in [0, 0.1) is 0 Å². The number of carbonyl (C=O) groups is 3. The quantitative estimate of drug-likeness (QED) is 0.542. The third-order valence-electron chi connectivity index (χ3n) is 3.04. The second kappa shape index (κ2) is 5.60. The highest BCUT2D eigenvalue weighted by molar-refractivity contribution is 6.02. The van der Waals surface area contributed by atoms with E-state index in [9.17, 15) is 14.4 Å². The maximum Gasteiger partial charge on any atom is 0.337 e. The van der Waals surface area contributed by atoms with E-state index in [1.165, 1.54) is 25.3 Å². The van der Waals surface area contributed by atoms with Crippen molar-refractivity contribution in [2.75, 3.05) is 18.2 Å². The fraction of sp³-hybridized carbons (Fsp3) is 0.308. The molecular formula is C13H15N3O4. The number of hydrogen-bond acceptors (Lipinski definition) is 5. The smallest absolute Gasteiger partial charge is 0.337 e. The molecule has 1 aliphatic heterocycles. The van der Waals surface area contributed by atoms with Gasteiger partial charge in [-0.3, -0.25) is 9.59 Å². The largest absolute Gasteiger partial charge is 0.465 e. The second-order valence-electron chi connectivity index (χ2n) is 4.44. The van der Waals surface area contributed by atoms with Crippen molar-refractivity contribution in [2.45, 2.75) is 18.9 Å². The Kier molecular flexibility index (Phi) is 3.88. The molecule has 7 nitrogen and oxygen atoms in total. The van der Waals surface area contributed by atoms with E-state index in [4.69, 9.17) is 5.73 Å². The number of methoxy groups -OCH3 is 1. The lowest BCUT2D eigenvalue weighted by molar-refractivity contribution is -0.122. The Bertz CT molecular complexity index is 571. The number of anilines is 2. The molecule has 0 saturated carbocycles. The first kappa shape index (κ1) is 13.9. The van der Waals surface area contributed by atoms with Gasteiger partial charge < -0.3 is 21.1 Å². The summed E-state index contributed by atoms with van der Waals surface area (Å²) in [5, 5.41) is 5.16. The highest BCUT2D eigenvalue weighted by Crippen LogP contribution is 2.21. The summed E-state index contributed by atoms with van der Waals surface area (Å²) in [7, 11) is 1.27. The fourth-order valence-electron chi connectivity index (χ4n) is 1.94. The summed E-state index contributed by atoms with van der Waals surface area (Å²) >= 11 is 0. The van der Waals surface area contributed by atoms with Gasteiger partial charge in [-0.25, -0.2) is 4.79 Å². The van der Waals surface area contributed by atoms with Crippen LogP contribution in [0.4, 0.5) is 11.4 Å². The van der Waals surface area contributed by atoms with Gasteiger partial charge in [0.05, 0.1) is 24.0 Å². The van der Waals surface area contributed by atoms with Crippen LogP contribution in [0.25, 0.3) is 0 Å². The molecule has 1 aromatic carbocycles. The fourth-order valence-corrected chi connectivity index (χ4v) is 1.94. The first-order valence-corrected chi connectivity index (χ1v) is 6.09. The Morgan fingerprint density at radius 3 is 2.80 bits per heavy atom. The first-order valence-electron chi connectivity index (χ1n) is 6.09. The summed E-state index contributed by atoms with van der Waals surface area (Å²) < 4.78 is 4.60. The molecule has 2 rings (SSSR count). The normalized spacial score (nSPS) is 17.4. The molecule has 0 radical (unpaired) electrons. The summed E-state index contributed by atoms with van der Waals surface area (Å²) in [6.07, 6.45) is 0.775. The predicted octanol–water partition coefficient (Wildman–Crippen LogP) is 0.272. The van der Waals surface area contributed by atoms with E-state index in [0.717, 1.165) is 0 Å². The van der Waals surface area contributed by atoms with Crippen molar-refractivity contribution in [3.8, 4) is 0 Å². The van der Waals surface area contributed by atoms with Crippen molar-refractivity contribution in [3.05, 3.63) is 23.8 Å². The van der Waals surface area contributed by atoms with Crippen LogP contribution in [0.15, 0.2) is 18.2 Å². The Morgan fingerprint density at radius 2 is 2.20 bits per heavy atom. The van der Waals surface area contributed by atoms with Gasteiger partial charge in [0.2, 0.25) is 11.8 Å². The van der Waals surface area contributed by atoms with Gasteiger partial charge in [0.15, 0.2) is 0 Å². The molecule has 1 aromatic rings. The summed E-state index contributed by atoms with van der Waals surface area (Å²) in [4.78, 5) is 34.5. The van der Waals surface area contributed by atoms with Crippen molar-refractivity contribution in [1.82, 2.24) is 5.32 Å². The molecule has 20 heavy (non-hydrogen) atoms. The minimum atomic E-state index is -0.566. The number of nitrogen functional groups attached to an aromatic ring is 1. The van der Waals surface area contributed by atoms with Crippen LogP contribution >= 0.6 is 0 Å². The molecule has 0 bridgehead atoms. The van der Waals surface area contributed by atoms with E-state index in [1.807, 2.05) is 0 Å². The standard InChI is InChI=1S/C13H15N3O4/c1-20-13(19)7-2-3-8(14)10(6-7)16-12(18)9-4-5-11(17)15-9/h2-3,6,9H,4-5,14H2,1H3,(H,15,17)(H,16,18). The molecule has 4 N–H and O–H groups in total. The van der Waals surface area contributed by atoms with E-state index in [1.54, 1.807) is 0 Å². The monoisotopic (exact) mass is 277 g/mol. The molecule has 7 heteroatoms. The SMILES string of the molecule is COC(=O)c1ccc(N)c(NC(=O)C2CCC(=O)N2)c1. The number of amides is 2. The van der Waals surface area contributed by atoms with E-state index >= 15 is 0 Å². The average molecular weight is 277 g/mol. The van der Waals surface area contributed by atoms with Crippen LogP contribution in [-0.2, 0) is 14.3 Å². The number of nitrogens with two attached hydrogens (primary N) is 1. The zero-order valence-corrected chi connectivity index (χ0v) is 10.9. The zero-order chi connectivity index (χ0) is 14.7. The van der Waals surface area contributed by atoms with Gasteiger partial charge in [-0.05, 0) is 24.6 Å². The summed E-state index contributed by atoms with van der Waals surface area (Å²) in [6.45, 7) is 0. The maximum absolute atomic E-state index is 12.0. The predicted molar refractivity (Wildman–Crippen MR) is 72.0 cm³/mol. The topological polar surface area (TPSA) is 111 Å². The molecule has 0 aromatic heterocycles. The lowest BCUT2D eigenvalue weighted by Crippen LogP contribution is -2.37. The highest BCUT2D eigenvalue weighted by atomic mass is 16.5.